The van der Waals surface area contributed by atoms with E-state index in [0.29, 0.717) is 0 Å². The smallest absolute Gasteiger partial charge is 0.119 e. The average Bonchev–Trinajstić information content (AvgIpc) is 2.86. The Hall–Kier alpha value is -2.22. The predicted molar refractivity (Wildman–Crippen MR) is 88.8 cm³/mol. The molecule has 0 aliphatic carbocycles. The summed E-state index contributed by atoms with van der Waals surface area (Å²) in [6, 6.07) is 19.1. The Morgan fingerprint density at radius 1 is 1.00 bits per heavy atom. The summed E-state index contributed by atoms with van der Waals surface area (Å²) in [6.45, 7) is 2.97. The van der Waals surface area contributed by atoms with Gasteiger partial charge in [0, 0.05) is 23.6 Å². The third kappa shape index (κ3) is 2.80. The van der Waals surface area contributed by atoms with Crippen LogP contribution in [0.5, 0.6) is 5.75 Å². The van der Waals surface area contributed by atoms with Gasteiger partial charge in [0.1, 0.15) is 5.75 Å². The van der Waals surface area contributed by atoms with Crippen molar-refractivity contribution in [3.05, 3.63) is 54.6 Å². The predicted octanol–water partition coefficient (Wildman–Crippen LogP) is 5.02. The van der Waals surface area contributed by atoms with Crippen molar-refractivity contribution in [2.75, 3.05) is 6.61 Å². The lowest BCUT2D eigenvalue weighted by Gasteiger charge is -2.08. The Bertz CT molecular complexity index is 725. The minimum atomic E-state index is 0.796. The maximum atomic E-state index is 5.72. The number of para-hydroxylation sites is 1. The van der Waals surface area contributed by atoms with Crippen molar-refractivity contribution in [2.24, 2.45) is 7.05 Å². The number of aromatic nitrogens is 1. The van der Waals surface area contributed by atoms with Gasteiger partial charge in [-0.05, 0) is 48.4 Å². The van der Waals surface area contributed by atoms with Gasteiger partial charge in [-0.3, -0.25) is 0 Å². The Morgan fingerprint density at radius 2 is 1.76 bits per heavy atom. The fraction of sp³-hybridized carbons (Fsp3) is 0.263. The van der Waals surface area contributed by atoms with Crippen molar-refractivity contribution in [1.29, 1.82) is 0 Å². The molecule has 0 saturated carbocycles. The maximum Gasteiger partial charge on any atom is 0.119 e. The highest BCUT2D eigenvalue weighted by molar-refractivity contribution is 5.86. The van der Waals surface area contributed by atoms with Gasteiger partial charge in [-0.2, -0.15) is 0 Å². The van der Waals surface area contributed by atoms with E-state index in [2.05, 4.69) is 73.1 Å². The van der Waals surface area contributed by atoms with Crippen molar-refractivity contribution in [2.45, 2.75) is 19.8 Å². The van der Waals surface area contributed by atoms with E-state index in [9.17, 15) is 0 Å². The third-order valence-corrected chi connectivity index (χ3v) is 3.87. The molecule has 0 N–H and O–H groups in total. The molecule has 1 heterocycles. The number of benzene rings is 2. The average molecular weight is 279 g/mol. The molecule has 0 aliphatic rings. The lowest BCUT2D eigenvalue weighted by molar-refractivity contribution is 0.309. The van der Waals surface area contributed by atoms with E-state index >= 15 is 0 Å². The second-order valence-corrected chi connectivity index (χ2v) is 5.37. The number of aryl methyl sites for hydroxylation is 1. The van der Waals surface area contributed by atoms with Gasteiger partial charge >= 0.3 is 0 Å². The Labute approximate surface area is 126 Å². The number of unbranched alkanes of at least 4 members (excludes halogenated alkanes) is 1. The lowest BCUT2D eigenvalue weighted by Crippen LogP contribution is -1.96. The minimum Gasteiger partial charge on any atom is -0.494 e. The van der Waals surface area contributed by atoms with Crippen LogP contribution < -0.4 is 4.74 Å². The quantitative estimate of drug-likeness (QED) is 0.598. The molecule has 0 spiro atoms. The number of ether oxygens (including phenoxy) is 1. The number of fused-ring (bicyclic) bond motifs is 1. The summed E-state index contributed by atoms with van der Waals surface area (Å²) in [7, 11) is 2.11. The standard InChI is InChI=1S/C19H21NO/c1-3-4-13-21-17-11-9-15(10-12-17)19-14-16-7-5-6-8-18(16)20(19)2/h5-12,14H,3-4,13H2,1-2H3. The molecule has 0 saturated heterocycles. The van der Waals surface area contributed by atoms with Crippen molar-refractivity contribution in [3.8, 4) is 17.0 Å². The number of hydrogen-bond acceptors (Lipinski definition) is 1. The van der Waals surface area contributed by atoms with E-state index in [4.69, 9.17) is 4.74 Å². The van der Waals surface area contributed by atoms with Crippen LogP contribution in [0.25, 0.3) is 22.2 Å². The summed E-state index contributed by atoms with van der Waals surface area (Å²) in [5.41, 5.74) is 3.71. The monoisotopic (exact) mass is 279 g/mol. The molecule has 0 radical (unpaired) electrons. The minimum absolute atomic E-state index is 0.796. The molecule has 3 aromatic rings. The van der Waals surface area contributed by atoms with Crippen LogP contribution in [0.2, 0.25) is 0 Å². The molecule has 0 bridgehead atoms. The number of rotatable bonds is 5. The molecule has 0 amide bonds. The van der Waals surface area contributed by atoms with Crippen LogP contribution in [0.1, 0.15) is 19.8 Å². The Morgan fingerprint density at radius 3 is 2.48 bits per heavy atom. The van der Waals surface area contributed by atoms with E-state index in [1.54, 1.807) is 0 Å². The van der Waals surface area contributed by atoms with Gasteiger partial charge in [0.15, 0.2) is 0 Å². The van der Waals surface area contributed by atoms with Crippen molar-refractivity contribution in [1.82, 2.24) is 4.57 Å². The van der Waals surface area contributed by atoms with Crippen LogP contribution in [-0.4, -0.2) is 11.2 Å². The molecule has 0 unspecified atom stereocenters. The highest BCUT2D eigenvalue weighted by atomic mass is 16.5. The van der Waals surface area contributed by atoms with Crippen molar-refractivity contribution >= 4 is 10.9 Å². The zero-order chi connectivity index (χ0) is 14.7. The molecule has 0 atom stereocenters. The normalized spacial score (nSPS) is 11.0. The topological polar surface area (TPSA) is 14.2 Å². The molecule has 0 aliphatic heterocycles. The van der Waals surface area contributed by atoms with Crippen LogP contribution in [0.15, 0.2) is 54.6 Å². The molecule has 2 aromatic carbocycles. The summed E-state index contributed by atoms with van der Waals surface area (Å²) >= 11 is 0. The van der Waals surface area contributed by atoms with Crippen molar-refractivity contribution < 1.29 is 4.74 Å². The highest BCUT2D eigenvalue weighted by Crippen LogP contribution is 2.28. The molecule has 21 heavy (non-hydrogen) atoms. The molecular formula is C19H21NO. The van der Waals surface area contributed by atoms with Gasteiger partial charge in [0.2, 0.25) is 0 Å². The first-order chi connectivity index (χ1) is 10.3. The lowest BCUT2D eigenvalue weighted by atomic mass is 10.1. The Balaban J connectivity index is 1.87. The fourth-order valence-electron chi connectivity index (χ4n) is 2.62. The van der Waals surface area contributed by atoms with Gasteiger partial charge in [0.05, 0.1) is 6.61 Å². The largest absolute Gasteiger partial charge is 0.494 e. The van der Waals surface area contributed by atoms with Crippen LogP contribution in [0, 0.1) is 0 Å². The molecular weight excluding hydrogens is 258 g/mol. The van der Waals surface area contributed by atoms with Gasteiger partial charge < -0.3 is 9.30 Å². The van der Waals surface area contributed by atoms with Crippen LogP contribution in [-0.2, 0) is 7.05 Å². The fourth-order valence-corrected chi connectivity index (χ4v) is 2.62. The molecule has 1 aromatic heterocycles. The van der Waals surface area contributed by atoms with Crippen LogP contribution >= 0.6 is 0 Å². The third-order valence-electron chi connectivity index (χ3n) is 3.87. The highest BCUT2D eigenvalue weighted by Gasteiger charge is 2.07. The van der Waals surface area contributed by atoms with Crippen LogP contribution in [0.4, 0.5) is 0 Å². The van der Waals surface area contributed by atoms with Crippen LogP contribution in [0.3, 0.4) is 0 Å². The van der Waals surface area contributed by atoms with E-state index in [0.717, 1.165) is 25.2 Å². The Kier molecular flexibility index (Phi) is 3.96. The first-order valence-corrected chi connectivity index (χ1v) is 7.57. The summed E-state index contributed by atoms with van der Waals surface area (Å²) in [4.78, 5) is 0. The molecule has 108 valence electrons. The van der Waals surface area contributed by atoms with Gasteiger partial charge in [-0.1, -0.05) is 31.5 Å². The summed E-state index contributed by atoms with van der Waals surface area (Å²) in [5, 5.41) is 1.28. The van der Waals surface area contributed by atoms with Gasteiger partial charge in [-0.25, -0.2) is 0 Å². The summed E-state index contributed by atoms with van der Waals surface area (Å²) in [6.07, 6.45) is 2.26. The maximum absolute atomic E-state index is 5.72. The van der Waals surface area contributed by atoms with E-state index in [-0.39, 0.29) is 0 Å². The molecule has 3 rings (SSSR count). The number of hydrogen-bond donors (Lipinski definition) is 0. The zero-order valence-electron chi connectivity index (χ0n) is 12.7. The summed E-state index contributed by atoms with van der Waals surface area (Å²) in [5.74, 6) is 0.950. The van der Waals surface area contributed by atoms with E-state index in [1.165, 1.54) is 22.2 Å². The van der Waals surface area contributed by atoms with E-state index in [1.807, 2.05) is 0 Å². The first-order valence-electron chi connectivity index (χ1n) is 7.57. The van der Waals surface area contributed by atoms with Gasteiger partial charge in [0.25, 0.3) is 0 Å². The summed E-state index contributed by atoms with van der Waals surface area (Å²) < 4.78 is 7.96. The first kappa shape index (κ1) is 13.7. The molecule has 0 fully saturated rings. The van der Waals surface area contributed by atoms with E-state index < -0.39 is 0 Å². The number of nitrogens with zero attached hydrogens (tertiary/aromatic N) is 1. The second-order valence-electron chi connectivity index (χ2n) is 5.37. The van der Waals surface area contributed by atoms with Gasteiger partial charge in [-0.15, -0.1) is 0 Å². The SMILES string of the molecule is CCCCOc1ccc(-c2cc3ccccc3n2C)cc1. The van der Waals surface area contributed by atoms with Crippen molar-refractivity contribution in [3.63, 3.8) is 0 Å². The zero-order valence-corrected chi connectivity index (χ0v) is 12.7. The molecule has 2 nitrogen and oxygen atoms in total. The molecule has 2 heteroatoms. The second kappa shape index (κ2) is 6.04.